The molecule has 0 amide bonds. The first-order valence-electron chi connectivity index (χ1n) is 7.35. The molecule has 21 heavy (non-hydrogen) atoms. The monoisotopic (exact) mass is 302 g/mol. The van der Waals surface area contributed by atoms with Crippen LogP contribution in [0.3, 0.4) is 0 Å². The van der Waals surface area contributed by atoms with E-state index in [4.69, 9.17) is 9.47 Å². The molecule has 3 heteroatoms. The Balaban J connectivity index is 2.01. The van der Waals surface area contributed by atoms with Crippen molar-refractivity contribution >= 4 is 12.6 Å². The molecule has 2 rings (SSSR count). The lowest BCUT2D eigenvalue weighted by Gasteiger charge is -2.18. The Kier molecular flexibility index (Phi) is 6.48. The van der Waals surface area contributed by atoms with Crippen molar-refractivity contribution in [2.45, 2.75) is 19.3 Å². The molecule has 0 radical (unpaired) electrons. The summed E-state index contributed by atoms with van der Waals surface area (Å²) in [5.41, 5.74) is 1.25. The highest BCUT2D eigenvalue weighted by Crippen LogP contribution is 2.28. The normalized spacial score (nSPS) is 11.9. The summed E-state index contributed by atoms with van der Waals surface area (Å²) in [5, 5.41) is 0. The predicted molar refractivity (Wildman–Crippen MR) is 90.8 cm³/mol. The maximum atomic E-state index is 5.97. The third-order valence-corrected chi connectivity index (χ3v) is 3.68. The maximum absolute atomic E-state index is 5.97. The number of para-hydroxylation sites is 2. The van der Waals surface area contributed by atoms with Gasteiger partial charge in [0.25, 0.3) is 0 Å². The first-order chi connectivity index (χ1) is 10.3. The number of thiol groups is 1. The van der Waals surface area contributed by atoms with Gasteiger partial charge in [0, 0.05) is 11.7 Å². The molecule has 0 heterocycles. The first kappa shape index (κ1) is 15.8. The zero-order valence-corrected chi connectivity index (χ0v) is 13.3. The number of hydrogen-bond acceptors (Lipinski definition) is 3. The van der Waals surface area contributed by atoms with E-state index in [1.807, 2.05) is 42.5 Å². The number of hydrogen-bond donors (Lipinski definition) is 1. The second-order valence-electron chi connectivity index (χ2n) is 4.90. The number of benzene rings is 2. The molecule has 0 saturated carbocycles. The molecule has 0 aliphatic heterocycles. The third kappa shape index (κ3) is 4.71. The number of ether oxygens (including phenoxy) is 2. The minimum Gasteiger partial charge on any atom is -0.490 e. The smallest absolute Gasteiger partial charge is 0.161 e. The summed E-state index contributed by atoms with van der Waals surface area (Å²) in [4.78, 5) is 0. The van der Waals surface area contributed by atoms with Gasteiger partial charge in [-0.2, -0.15) is 12.6 Å². The molecular formula is C18H22O2S. The van der Waals surface area contributed by atoms with Gasteiger partial charge in [-0.25, -0.2) is 0 Å². The maximum Gasteiger partial charge on any atom is 0.161 e. The highest BCUT2D eigenvalue weighted by Gasteiger charge is 2.12. The topological polar surface area (TPSA) is 18.5 Å². The van der Waals surface area contributed by atoms with Gasteiger partial charge >= 0.3 is 0 Å². The van der Waals surface area contributed by atoms with Gasteiger partial charge in [-0.1, -0.05) is 49.4 Å². The van der Waals surface area contributed by atoms with Crippen LogP contribution >= 0.6 is 12.6 Å². The lowest BCUT2D eigenvalue weighted by atomic mass is 10.0. The number of rotatable bonds is 8. The molecular weight excluding hydrogens is 280 g/mol. The highest BCUT2D eigenvalue weighted by atomic mass is 32.1. The van der Waals surface area contributed by atoms with E-state index >= 15 is 0 Å². The van der Waals surface area contributed by atoms with Crippen LogP contribution in [-0.2, 0) is 0 Å². The van der Waals surface area contributed by atoms with Gasteiger partial charge in [0.1, 0.15) is 0 Å². The summed E-state index contributed by atoms with van der Waals surface area (Å²) >= 11 is 4.44. The van der Waals surface area contributed by atoms with Crippen LogP contribution in [0, 0.1) is 0 Å². The van der Waals surface area contributed by atoms with E-state index < -0.39 is 0 Å². The van der Waals surface area contributed by atoms with Crippen molar-refractivity contribution < 1.29 is 9.47 Å². The Morgan fingerprint density at radius 2 is 1.52 bits per heavy atom. The van der Waals surface area contributed by atoms with Crippen LogP contribution in [0.15, 0.2) is 54.6 Å². The summed E-state index contributed by atoms with van der Waals surface area (Å²) < 4.78 is 11.7. The van der Waals surface area contributed by atoms with Crippen molar-refractivity contribution in [2.75, 3.05) is 19.0 Å². The molecule has 1 unspecified atom stereocenters. The molecule has 112 valence electrons. The first-order valence-corrected chi connectivity index (χ1v) is 7.98. The Hall–Kier alpha value is -1.61. The molecule has 0 spiro atoms. The fourth-order valence-corrected chi connectivity index (χ4v) is 2.39. The molecule has 0 fully saturated rings. The van der Waals surface area contributed by atoms with E-state index in [0.29, 0.717) is 13.2 Å². The average Bonchev–Trinajstić information content (AvgIpc) is 2.55. The van der Waals surface area contributed by atoms with Gasteiger partial charge in [0.05, 0.1) is 13.2 Å². The molecule has 0 aliphatic carbocycles. The van der Waals surface area contributed by atoms with Gasteiger partial charge in [-0.05, 0) is 24.1 Å². The van der Waals surface area contributed by atoms with Gasteiger partial charge < -0.3 is 9.47 Å². The molecule has 0 aliphatic rings. The highest BCUT2D eigenvalue weighted by molar-refractivity contribution is 7.80. The summed E-state index contributed by atoms with van der Waals surface area (Å²) in [6.07, 6.45) is 0.984. The van der Waals surface area contributed by atoms with Crippen LogP contribution in [0.2, 0.25) is 0 Å². The van der Waals surface area contributed by atoms with Crippen molar-refractivity contribution in [3.63, 3.8) is 0 Å². The SMILES string of the molecule is CCCOc1ccccc1OCC(CS)c1ccccc1. The van der Waals surface area contributed by atoms with Crippen LogP contribution in [0.5, 0.6) is 11.5 Å². The van der Waals surface area contributed by atoms with E-state index in [1.54, 1.807) is 0 Å². The Morgan fingerprint density at radius 3 is 2.14 bits per heavy atom. The van der Waals surface area contributed by atoms with Crippen molar-refractivity contribution in [3.8, 4) is 11.5 Å². The molecule has 0 N–H and O–H groups in total. The Bertz CT molecular complexity index is 528. The second kappa shape index (κ2) is 8.63. The lowest BCUT2D eigenvalue weighted by Crippen LogP contribution is -2.12. The zero-order valence-electron chi connectivity index (χ0n) is 12.4. The Morgan fingerprint density at radius 1 is 0.905 bits per heavy atom. The molecule has 0 bridgehead atoms. The van der Waals surface area contributed by atoms with E-state index in [2.05, 4.69) is 31.7 Å². The summed E-state index contributed by atoms with van der Waals surface area (Å²) in [5.74, 6) is 2.63. The standard InChI is InChI=1S/C18H22O2S/c1-2-12-19-17-10-6-7-11-18(17)20-13-16(14-21)15-8-4-3-5-9-15/h3-11,16,21H,2,12-14H2,1H3. The van der Waals surface area contributed by atoms with E-state index in [-0.39, 0.29) is 5.92 Å². The summed E-state index contributed by atoms with van der Waals surface area (Å²) in [7, 11) is 0. The van der Waals surface area contributed by atoms with E-state index in [1.165, 1.54) is 5.56 Å². The van der Waals surface area contributed by atoms with Gasteiger partial charge in [-0.15, -0.1) is 0 Å². The fraction of sp³-hybridized carbons (Fsp3) is 0.333. The predicted octanol–water partition coefficient (Wildman–Crippen LogP) is 4.57. The quantitative estimate of drug-likeness (QED) is 0.720. The minimum absolute atomic E-state index is 0.272. The van der Waals surface area contributed by atoms with Crippen LogP contribution in [0.4, 0.5) is 0 Å². The van der Waals surface area contributed by atoms with E-state index in [9.17, 15) is 0 Å². The third-order valence-electron chi connectivity index (χ3n) is 3.24. The van der Waals surface area contributed by atoms with Crippen LogP contribution in [-0.4, -0.2) is 19.0 Å². The molecule has 2 aromatic rings. The van der Waals surface area contributed by atoms with Gasteiger partial charge in [-0.3, -0.25) is 0 Å². The van der Waals surface area contributed by atoms with Gasteiger partial charge in [0.2, 0.25) is 0 Å². The average molecular weight is 302 g/mol. The minimum atomic E-state index is 0.272. The van der Waals surface area contributed by atoms with E-state index in [0.717, 1.165) is 23.7 Å². The molecule has 1 atom stereocenters. The molecule has 2 nitrogen and oxygen atoms in total. The summed E-state index contributed by atoms with van der Waals surface area (Å²) in [6.45, 7) is 3.39. The van der Waals surface area contributed by atoms with Crippen molar-refractivity contribution in [3.05, 3.63) is 60.2 Å². The van der Waals surface area contributed by atoms with Crippen molar-refractivity contribution in [1.29, 1.82) is 0 Å². The largest absolute Gasteiger partial charge is 0.490 e. The molecule has 0 saturated heterocycles. The Labute approximate surface area is 132 Å². The molecule has 2 aromatic carbocycles. The summed E-state index contributed by atoms with van der Waals surface area (Å²) in [6, 6.07) is 18.2. The van der Waals surface area contributed by atoms with Crippen molar-refractivity contribution in [1.82, 2.24) is 0 Å². The lowest BCUT2D eigenvalue weighted by molar-refractivity contribution is 0.259. The zero-order chi connectivity index (χ0) is 14.9. The van der Waals surface area contributed by atoms with Gasteiger partial charge in [0.15, 0.2) is 11.5 Å². The fourth-order valence-electron chi connectivity index (χ4n) is 2.07. The molecule has 0 aromatic heterocycles. The van der Waals surface area contributed by atoms with Crippen LogP contribution < -0.4 is 9.47 Å². The second-order valence-corrected chi connectivity index (χ2v) is 5.26. The van der Waals surface area contributed by atoms with Crippen molar-refractivity contribution in [2.24, 2.45) is 0 Å². The van der Waals surface area contributed by atoms with Crippen LogP contribution in [0.1, 0.15) is 24.8 Å². The van der Waals surface area contributed by atoms with Crippen LogP contribution in [0.25, 0.3) is 0 Å².